The molecule has 7 heteroatoms. The molecule has 0 spiro atoms. The lowest BCUT2D eigenvalue weighted by Gasteiger charge is -2.11. The first-order valence-corrected chi connectivity index (χ1v) is 5.66. The van der Waals surface area contributed by atoms with Gasteiger partial charge in [0, 0.05) is 18.3 Å². The van der Waals surface area contributed by atoms with E-state index < -0.39 is 11.9 Å². The molecule has 0 amide bonds. The minimum absolute atomic E-state index is 0.0685. The third-order valence-corrected chi connectivity index (χ3v) is 2.78. The van der Waals surface area contributed by atoms with Crippen molar-refractivity contribution in [3.8, 4) is 0 Å². The van der Waals surface area contributed by atoms with Crippen molar-refractivity contribution < 1.29 is 13.2 Å². The van der Waals surface area contributed by atoms with Crippen molar-refractivity contribution in [3.63, 3.8) is 0 Å². The van der Waals surface area contributed by atoms with Gasteiger partial charge in [-0.15, -0.1) is 4.91 Å². The highest BCUT2D eigenvalue weighted by Gasteiger charge is 2.33. The van der Waals surface area contributed by atoms with Crippen LogP contribution in [0.4, 0.5) is 18.9 Å². The molecule has 0 aliphatic carbocycles. The van der Waals surface area contributed by atoms with E-state index in [9.17, 15) is 18.1 Å². The number of allylic oxidation sites excluding steroid dienone is 1. The summed E-state index contributed by atoms with van der Waals surface area (Å²) in [6.07, 6.45) is -3.79. The molecule has 0 bridgehead atoms. The number of nitroso groups, excluding NO2 is 1. The molecule has 0 aromatic heterocycles. The van der Waals surface area contributed by atoms with Crippen molar-refractivity contribution in [1.29, 1.82) is 0 Å². The molecule has 1 rings (SSSR count). The van der Waals surface area contributed by atoms with Gasteiger partial charge in [0.05, 0.1) is 0 Å². The molecular weight excluding hydrogens is 271 g/mol. The molecule has 0 radical (unpaired) electrons. The molecule has 0 aliphatic rings. The Morgan fingerprint density at radius 2 is 1.85 bits per heavy atom. The average molecular weight is 285 g/mol. The largest absolute Gasteiger partial charge is 0.432 e. The van der Waals surface area contributed by atoms with Crippen LogP contribution >= 0.6 is 0 Å². The van der Waals surface area contributed by atoms with Crippen LogP contribution in [0.3, 0.4) is 0 Å². The van der Waals surface area contributed by atoms with Gasteiger partial charge in [0.2, 0.25) is 0 Å². The molecule has 0 aliphatic heterocycles. The van der Waals surface area contributed by atoms with Gasteiger partial charge in [-0.1, -0.05) is 0 Å². The summed E-state index contributed by atoms with van der Waals surface area (Å²) < 4.78 is 37.8. The van der Waals surface area contributed by atoms with Crippen molar-refractivity contribution >= 4 is 17.1 Å². The Labute approximate surface area is 114 Å². The first kappa shape index (κ1) is 15.9. The van der Waals surface area contributed by atoms with Crippen LogP contribution in [-0.2, 0) is 0 Å². The molecule has 20 heavy (non-hydrogen) atoms. The van der Waals surface area contributed by atoms with E-state index in [1.54, 1.807) is 13.8 Å². The van der Waals surface area contributed by atoms with Crippen LogP contribution in [0.5, 0.6) is 0 Å². The van der Waals surface area contributed by atoms with Gasteiger partial charge in [-0.05, 0) is 48.4 Å². The minimum atomic E-state index is -4.56. The summed E-state index contributed by atoms with van der Waals surface area (Å²) in [5.41, 5.74) is 6.33. The van der Waals surface area contributed by atoms with Gasteiger partial charge in [-0.25, -0.2) is 0 Å². The quantitative estimate of drug-likeness (QED) is 0.680. The zero-order chi connectivity index (χ0) is 15.5. The van der Waals surface area contributed by atoms with E-state index in [0.29, 0.717) is 16.7 Å². The summed E-state index contributed by atoms with van der Waals surface area (Å²) in [6, 6.07) is 3.01. The number of aryl methyl sites for hydroxylation is 2. The molecule has 0 atom stereocenters. The first-order chi connectivity index (χ1) is 9.20. The maximum Gasteiger partial charge on any atom is 0.432 e. The van der Waals surface area contributed by atoms with Crippen LogP contribution in [0.15, 0.2) is 28.4 Å². The number of aliphatic imine (C=N–C) groups is 1. The van der Waals surface area contributed by atoms with Crippen LogP contribution in [0.1, 0.15) is 16.7 Å². The standard InChI is InChI=1S/C13H14F3N3O/c1-7-5-11(19-20)8(2)4-9(7)10(17)6-12(18-3)13(14,15)16/h4-6H,17H2,1-3H3. The highest BCUT2D eigenvalue weighted by molar-refractivity contribution is 6.04. The molecule has 1 aromatic carbocycles. The number of hydrogen-bond acceptors (Lipinski definition) is 4. The monoisotopic (exact) mass is 285 g/mol. The number of alkyl halides is 3. The fourth-order valence-electron chi connectivity index (χ4n) is 1.71. The summed E-state index contributed by atoms with van der Waals surface area (Å²) in [6.45, 7) is 3.27. The fraction of sp³-hybridized carbons (Fsp3) is 0.308. The number of halogens is 3. The summed E-state index contributed by atoms with van der Waals surface area (Å²) in [7, 11) is 1.05. The minimum Gasteiger partial charge on any atom is -0.398 e. The number of nitrogens with two attached hydrogens (primary N) is 1. The van der Waals surface area contributed by atoms with Gasteiger partial charge >= 0.3 is 6.18 Å². The van der Waals surface area contributed by atoms with Gasteiger partial charge in [-0.2, -0.15) is 13.2 Å². The van der Waals surface area contributed by atoms with Gasteiger partial charge in [0.25, 0.3) is 0 Å². The van der Waals surface area contributed by atoms with E-state index >= 15 is 0 Å². The molecular formula is C13H14F3N3O. The maximum atomic E-state index is 12.6. The lowest BCUT2D eigenvalue weighted by molar-refractivity contribution is -0.0577. The van der Waals surface area contributed by atoms with Crippen LogP contribution in [0.25, 0.3) is 5.70 Å². The molecule has 1 aromatic rings. The smallest absolute Gasteiger partial charge is 0.398 e. The van der Waals surface area contributed by atoms with E-state index in [2.05, 4.69) is 10.2 Å². The Morgan fingerprint density at radius 1 is 1.25 bits per heavy atom. The third-order valence-electron chi connectivity index (χ3n) is 2.78. The van der Waals surface area contributed by atoms with Crippen molar-refractivity contribution in [2.24, 2.45) is 15.9 Å². The van der Waals surface area contributed by atoms with E-state index in [0.717, 1.165) is 13.1 Å². The predicted molar refractivity (Wildman–Crippen MR) is 72.9 cm³/mol. The summed E-state index contributed by atoms with van der Waals surface area (Å²) >= 11 is 0. The summed E-state index contributed by atoms with van der Waals surface area (Å²) in [5, 5.41) is 2.83. The lowest BCUT2D eigenvalue weighted by atomic mass is 10.0. The van der Waals surface area contributed by atoms with E-state index in [-0.39, 0.29) is 11.4 Å². The molecule has 0 saturated carbocycles. The van der Waals surface area contributed by atoms with Crippen LogP contribution in [0, 0.1) is 18.8 Å². The molecule has 4 nitrogen and oxygen atoms in total. The molecule has 0 fully saturated rings. The van der Waals surface area contributed by atoms with Gasteiger partial charge in [-0.3, -0.25) is 4.99 Å². The highest BCUT2D eigenvalue weighted by atomic mass is 19.4. The van der Waals surface area contributed by atoms with Crippen LogP contribution in [0.2, 0.25) is 0 Å². The van der Waals surface area contributed by atoms with Crippen molar-refractivity contribution in [3.05, 3.63) is 39.8 Å². The Morgan fingerprint density at radius 3 is 2.30 bits per heavy atom. The zero-order valence-electron chi connectivity index (χ0n) is 11.2. The second-order valence-corrected chi connectivity index (χ2v) is 4.25. The number of benzene rings is 1. The van der Waals surface area contributed by atoms with E-state index in [1.165, 1.54) is 12.1 Å². The summed E-state index contributed by atoms with van der Waals surface area (Å²) in [5.74, 6) is 0. The Bertz CT molecular complexity index is 589. The predicted octanol–water partition coefficient (Wildman–Crippen LogP) is 3.63. The molecule has 108 valence electrons. The highest BCUT2D eigenvalue weighted by Crippen LogP contribution is 2.27. The molecule has 0 unspecified atom stereocenters. The van der Waals surface area contributed by atoms with E-state index in [1.807, 2.05) is 0 Å². The normalized spacial score (nSPS) is 13.5. The number of rotatable bonds is 3. The van der Waals surface area contributed by atoms with Crippen molar-refractivity contribution in [2.75, 3.05) is 7.05 Å². The molecule has 0 heterocycles. The second-order valence-electron chi connectivity index (χ2n) is 4.25. The SMILES string of the molecule is CN=C(C=C(N)c1cc(C)c(N=O)cc1C)C(F)(F)F. The maximum absolute atomic E-state index is 12.6. The Kier molecular flexibility index (Phi) is 4.65. The lowest BCUT2D eigenvalue weighted by Crippen LogP contribution is -2.22. The van der Waals surface area contributed by atoms with Crippen molar-refractivity contribution in [2.45, 2.75) is 20.0 Å². The van der Waals surface area contributed by atoms with Gasteiger partial charge in [0.15, 0.2) is 0 Å². The van der Waals surface area contributed by atoms with Crippen LogP contribution in [-0.4, -0.2) is 18.9 Å². The summed E-state index contributed by atoms with van der Waals surface area (Å²) in [4.78, 5) is 13.7. The Hall–Kier alpha value is -2.18. The third kappa shape index (κ3) is 3.43. The van der Waals surface area contributed by atoms with Crippen LogP contribution < -0.4 is 5.73 Å². The topological polar surface area (TPSA) is 67.8 Å². The van der Waals surface area contributed by atoms with Crippen molar-refractivity contribution in [1.82, 2.24) is 0 Å². The Balaban J connectivity index is 3.32. The first-order valence-electron chi connectivity index (χ1n) is 5.66. The number of nitrogens with zero attached hydrogens (tertiary/aromatic N) is 2. The second kappa shape index (κ2) is 5.85. The average Bonchev–Trinajstić information content (AvgIpc) is 2.36. The zero-order valence-corrected chi connectivity index (χ0v) is 11.2. The molecule has 0 saturated heterocycles. The van der Waals surface area contributed by atoms with Gasteiger partial charge < -0.3 is 5.73 Å². The molecule has 2 N–H and O–H groups in total. The number of hydrogen-bond donors (Lipinski definition) is 1. The fourth-order valence-corrected chi connectivity index (χ4v) is 1.71. The van der Waals surface area contributed by atoms with E-state index in [4.69, 9.17) is 5.73 Å². The van der Waals surface area contributed by atoms with Gasteiger partial charge in [0.1, 0.15) is 11.4 Å².